The van der Waals surface area contributed by atoms with E-state index in [1.807, 2.05) is 50.2 Å². The minimum absolute atomic E-state index is 0. The van der Waals surface area contributed by atoms with Crippen LogP contribution in [0.25, 0.3) is 16.6 Å². The maximum absolute atomic E-state index is 12.8. The smallest absolute Gasteiger partial charge is 0.265 e. The Morgan fingerprint density at radius 3 is 2.59 bits per heavy atom. The molecule has 3 nitrogen and oxygen atoms in total. The molecule has 0 fully saturated rings. The molecular formula is C17H16Cl2N2O. The lowest BCUT2D eigenvalue weighted by atomic mass is 10.1. The molecule has 5 heteroatoms. The lowest BCUT2D eigenvalue weighted by molar-refractivity contribution is 0.829. The first-order valence-corrected chi connectivity index (χ1v) is 7.27. The van der Waals surface area contributed by atoms with E-state index in [1.54, 1.807) is 10.6 Å². The summed E-state index contributed by atoms with van der Waals surface area (Å²) in [5.41, 5.74) is 2.49. The lowest BCUT2D eigenvalue weighted by Crippen LogP contribution is -2.24. The van der Waals surface area contributed by atoms with E-state index in [1.165, 1.54) is 0 Å². The third kappa shape index (κ3) is 2.74. The molecule has 2 aromatic carbocycles. The summed E-state index contributed by atoms with van der Waals surface area (Å²) < 4.78 is 1.69. The summed E-state index contributed by atoms with van der Waals surface area (Å²) in [7, 11) is 0. The predicted molar refractivity (Wildman–Crippen MR) is 93.7 cm³/mol. The molecule has 22 heavy (non-hydrogen) atoms. The topological polar surface area (TPSA) is 34.9 Å². The molecule has 114 valence electrons. The number of benzene rings is 2. The Balaban J connectivity index is 0.00000176. The number of aromatic nitrogens is 2. The van der Waals surface area contributed by atoms with Gasteiger partial charge in [0, 0.05) is 11.4 Å². The highest BCUT2D eigenvalue weighted by Crippen LogP contribution is 2.20. The number of halogens is 2. The van der Waals surface area contributed by atoms with Gasteiger partial charge in [-0.3, -0.25) is 9.36 Å². The molecule has 1 aromatic heterocycles. The maximum Gasteiger partial charge on any atom is 0.265 e. The van der Waals surface area contributed by atoms with Crippen molar-refractivity contribution in [2.75, 3.05) is 0 Å². The predicted octanol–water partition coefficient (Wildman–Crippen LogP) is 4.33. The van der Waals surface area contributed by atoms with Crippen LogP contribution in [0, 0.1) is 6.92 Å². The van der Waals surface area contributed by atoms with E-state index in [0.29, 0.717) is 16.8 Å². The molecule has 0 bridgehead atoms. The van der Waals surface area contributed by atoms with Crippen molar-refractivity contribution in [2.24, 2.45) is 0 Å². The zero-order valence-electron chi connectivity index (χ0n) is 12.3. The summed E-state index contributed by atoms with van der Waals surface area (Å²) in [5, 5.41) is 1.29. The largest absolute Gasteiger partial charge is 0.268 e. The molecule has 0 spiro atoms. The van der Waals surface area contributed by atoms with Gasteiger partial charge < -0.3 is 0 Å². The van der Waals surface area contributed by atoms with Crippen LogP contribution in [0.4, 0.5) is 0 Å². The van der Waals surface area contributed by atoms with E-state index in [-0.39, 0.29) is 18.0 Å². The van der Waals surface area contributed by atoms with Gasteiger partial charge in [0.2, 0.25) is 0 Å². The highest BCUT2D eigenvalue weighted by atomic mass is 35.5. The van der Waals surface area contributed by atoms with Crippen molar-refractivity contribution in [1.82, 2.24) is 9.55 Å². The second-order valence-electron chi connectivity index (χ2n) is 4.97. The standard InChI is InChI=1S/C17H15ClN2O.ClH/c1-3-16-19-14-7-5-4-6-13(14)17(21)20(16)15-9-8-12(18)10-11(15)2;/h4-10H,3H2,1-2H3;1H. The number of hydrogen-bond acceptors (Lipinski definition) is 2. The SMILES string of the molecule is CCc1nc2ccccc2c(=O)n1-c1ccc(Cl)cc1C.Cl. The van der Waals surface area contributed by atoms with E-state index in [0.717, 1.165) is 22.6 Å². The Labute approximate surface area is 140 Å². The summed E-state index contributed by atoms with van der Waals surface area (Å²) >= 11 is 6.01. The van der Waals surface area contributed by atoms with Gasteiger partial charge in [-0.1, -0.05) is 30.7 Å². The van der Waals surface area contributed by atoms with Crippen LogP contribution >= 0.6 is 24.0 Å². The van der Waals surface area contributed by atoms with Crippen LogP contribution < -0.4 is 5.56 Å². The number of para-hydroxylation sites is 1. The summed E-state index contributed by atoms with van der Waals surface area (Å²) in [6, 6.07) is 13.0. The van der Waals surface area contributed by atoms with E-state index >= 15 is 0 Å². The van der Waals surface area contributed by atoms with Crippen LogP contribution in [0.5, 0.6) is 0 Å². The molecule has 0 saturated heterocycles. The molecule has 1 heterocycles. The van der Waals surface area contributed by atoms with Crippen LogP contribution in [0.2, 0.25) is 5.02 Å². The molecular weight excluding hydrogens is 319 g/mol. The number of nitrogens with zero attached hydrogens (tertiary/aromatic N) is 2. The molecule has 0 amide bonds. The Morgan fingerprint density at radius 1 is 1.18 bits per heavy atom. The second kappa shape index (κ2) is 6.51. The van der Waals surface area contributed by atoms with Crippen LogP contribution in [-0.2, 0) is 6.42 Å². The number of rotatable bonds is 2. The first kappa shape index (κ1) is 16.5. The maximum atomic E-state index is 12.8. The van der Waals surface area contributed by atoms with Crippen molar-refractivity contribution in [2.45, 2.75) is 20.3 Å². The number of fused-ring (bicyclic) bond motifs is 1. The van der Waals surface area contributed by atoms with Crippen molar-refractivity contribution < 1.29 is 0 Å². The average Bonchev–Trinajstić information content (AvgIpc) is 2.48. The van der Waals surface area contributed by atoms with Crippen molar-refractivity contribution >= 4 is 34.9 Å². The molecule has 0 radical (unpaired) electrons. The summed E-state index contributed by atoms with van der Waals surface area (Å²) in [6.45, 7) is 3.95. The first-order valence-electron chi connectivity index (χ1n) is 6.89. The zero-order chi connectivity index (χ0) is 15.0. The summed E-state index contributed by atoms with van der Waals surface area (Å²) in [5.74, 6) is 0.754. The molecule has 3 aromatic rings. The van der Waals surface area contributed by atoms with Crippen molar-refractivity contribution in [3.63, 3.8) is 0 Å². The van der Waals surface area contributed by atoms with Gasteiger partial charge in [0.1, 0.15) is 5.82 Å². The molecule has 3 rings (SSSR count). The van der Waals surface area contributed by atoms with E-state index in [4.69, 9.17) is 11.6 Å². The Bertz CT molecular complexity index is 887. The fraction of sp³-hybridized carbons (Fsp3) is 0.176. The highest BCUT2D eigenvalue weighted by molar-refractivity contribution is 6.30. The van der Waals surface area contributed by atoms with Gasteiger partial charge in [-0.15, -0.1) is 12.4 Å². The van der Waals surface area contributed by atoms with Crippen molar-refractivity contribution in [1.29, 1.82) is 0 Å². The van der Waals surface area contributed by atoms with Crippen LogP contribution in [-0.4, -0.2) is 9.55 Å². The number of aryl methyl sites for hydroxylation is 2. The van der Waals surface area contributed by atoms with Crippen LogP contribution in [0.15, 0.2) is 47.3 Å². The fourth-order valence-electron chi connectivity index (χ4n) is 2.53. The molecule has 0 N–H and O–H groups in total. The third-order valence-electron chi connectivity index (χ3n) is 3.56. The lowest BCUT2D eigenvalue weighted by Gasteiger charge is -2.14. The first-order chi connectivity index (χ1) is 10.1. The molecule has 0 aliphatic rings. The Hall–Kier alpha value is -1.84. The van der Waals surface area contributed by atoms with Gasteiger partial charge in [0.05, 0.1) is 16.6 Å². The minimum atomic E-state index is -0.0390. The van der Waals surface area contributed by atoms with Gasteiger partial charge in [0.15, 0.2) is 0 Å². The molecule has 0 aliphatic carbocycles. The monoisotopic (exact) mass is 334 g/mol. The van der Waals surface area contributed by atoms with Crippen molar-refractivity contribution in [3.8, 4) is 5.69 Å². The second-order valence-corrected chi connectivity index (χ2v) is 5.41. The number of hydrogen-bond donors (Lipinski definition) is 0. The quantitative estimate of drug-likeness (QED) is 0.699. The Kier molecular flexibility index (Phi) is 4.89. The highest BCUT2D eigenvalue weighted by Gasteiger charge is 2.13. The van der Waals surface area contributed by atoms with Crippen LogP contribution in [0.3, 0.4) is 0 Å². The van der Waals surface area contributed by atoms with Gasteiger partial charge >= 0.3 is 0 Å². The van der Waals surface area contributed by atoms with Crippen LogP contribution in [0.1, 0.15) is 18.3 Å². The zero-order valence-corrected chi connectivity index (χ0v) is 13.9. The van der Waals surface area contributed by atoms with E-state index in [2.05, 4.69) is 4.98 Å². The molecule has 0 saturated carbocycles. The summed E-state index contributed by atoms with van der Waals surface area (Å²) in [4.78, 5) is 17.5. The average molecular weight is 335 g/mol. The Morgan fingerprint density at radius 2 is 1.91 bits per heavy atom. The molecule has 0 atom stereocenters. The van der Waals surface area contributed by atoms with Gasteiger partial charge in [-0.25, -0.2) is 4.98 Å². The summed E-state index contributed by atoms with van der Waals surface area (Å²) in [6.07, 6.45) is 0.683. The van der Waals surface area contributed by atoms with Gasteiger partial charge in [-0.2, -0.15) is 0 Å². The third-order valence-corrected chi connectivity index (χ3v) is 3.80. The molecule has 0 unspecified atom stereocenters. The minimum Gasteiger partial charge on any atom is -0.268 e. The molecule has 0 aliphatic heterocycles. The normalized spacial score (nSPS) is 10.5. The van der Waals surface area contributed by atoms with E-state index < -0.39 is 0 Å². The van der Waals surface area contributed by atoms with Gasteiger partial charge in [0.25, 0.3) is 5.56 Å². The van der Waals surface area contributed by atoms with Gasteiger partial charge in [-0.05, 0) is 42.8 Å². The fourth-order valence-corrected chi connectivity index (χ4v) is 2.76. The van der Waals surface area contributed by atoms with E-state index in [9.17, 15) is 4.79 Å². The van der Waals surface area contributed by atoms with Crippen molar-refractivity contribution in [3.05, 3.63) is 69.2 Å².